The maximum absolute atomic E-state index is 12.2. The van der Waals surface area contributed by atoms with Crippen LogP contribution in [0.3, 0.4) is 0 Å². The fourth-order valence-electron chi connectivity index (χ4n) is 2.32. The molecule has 0 spiro atoms. The lowest BCUT2D eigenvalue weighted by molar-refractivity contribution is -0.135. The van der Waals surface area contributed by atoms with Crippen LogP contribution in [0.4, 0.5) is 0 Å². The summed E-state index contributed by atoms with van der Waals surface area (Å²) in [7, 11) is 1.89. The van der Waals surface area contributed by atoms with Crippen LogP contribution in [0.2, 0.25) is 0 Å². The van der Waals surface area contributed by atoms with E-state index in [4.69, 9.17) is 0 Å². The minimum Gasteiger partial charge on any atom is -0.341 e. The first-order valence-electron chi connectivity index (χ1n) is 6.37. The van der Waals surface area contributed by atoms with E-state index in [2.05, 4.69) is 21.2 Å². The molecule has 0 aromatic heterocycles. The van der Waals surface area contributed by atoms with E-state index < -0.39 is 0 Å². The zero-order valence-corrected chi connectivity index (χ0v) is 12.2. The number of nitrogens with zero attached hydrogens (tertiary/aromatic N) is 1. The monoisotopic (exact) mass is 310 g/mol. The van der Waals surface area contributed by atoms with Crippen molar-refractivity contribution in [3.05, 3.63) is 34.3 Å². The zero-order chi connectivity index (χ0) is 13.0. The largest absolute Gasteiger partial charge is 0.341 e. The minimum absolute atomic E-state index is 0.152. The molecule has 4 heteroatoms. The third-order valence-electron chi connectivity index (χ3n) is 3.36. The molecule has 1 amide bonds. The first-order valence-corrected chi connectivity index (χ1v) is 7.16. The summed E-state index contributed by atoms with van der Waals surface area (Å²) >= 11 is 3.41. The molecular formula is C14H19BrN2O. The molecule has 0 aliphatic carbocycles. The van der Waals surface area contributed by atoms with E-state index in [1.807, 2.05) is 36.2 Å². The number of hydrogen-bond donors (Lipinski definition) is 1. The van der Waals surface area contributed by atoms with Crippen molar-refractivity contribution in [3.8, 4) is 0 Å². The summed E-state index contributed by atoms with van der Waals surface area (Å²) in [6, 6.07) is 8.12. The highest BCUT2D eigenvalue weighted by Crippen LogP contribution is 2.16. The maximum atomic E-state index is 12.2. The Hall–Kier alpha value is -0.870. The number of nitrogens with one attached hydrogen (secondary N) is 1. The fourth-order valence-corrected chi connectivity index (χ4v) is 2.58. The second-order valence-corrected chi connectivity index (χ2v) is 5.78. The van der Waals surface area contributed by atoms with Crippen LogP contribution in [-0.2, 0) is 11.3 Å². The van der Waals surface area contributed by atoms with Gasteiger partial charge in [0.1, 0.15) is 0 Å². The smallest absolute Gasteiger partial charge is 0.227 e. The van der Waals surface area contributed by atoms with E-state index in [-0.39, 0.29) is 11.8 Å². The van der Waals surface area contributed by atoms with Gasteiger partial charge in [-0.15, -0.1) is 0 Å². The Labute approximate surface area is 117 Å². The predicted molar refractivity (Wildman–Crippen MR) is 76.2 cm³/mol. The van der Waals surface area contributed by atoms with Crippen LogP contribution in [0.25, 0.3) is 0 Å². The van der Waals surface area contributed by atoms with E-state index in [1.165, 1.54) is 0 Å². The number of halogens is 1. The summed E-state index contributed by atoms with van der Waals surface area (Å²) in [5.74, 6) is 0.407. The molecule has 0 saturated carbocycles. The van der Waals surface area contributed by atoms with Gasteiger partial charge in [-0.3, -0.25) is 4.79 Å². The lowest BCUT2D eigenvalue weighted by atomic mass is 9.98. The van der Waals surface area contributed by atoms with Gasteiger partial charge in [-0.25, -0.2) is 0 Å². The van der Waals surface area contributed by atoms with Crippen LogP contribution >= 0.6 is 15.9 Å². The van der Waals surface area contributed by atoms with Crippen LogP contribution < -0.4 is 5.32 Å². The molecule has 0 bridgehead atoms. The van der Waals surface area contributed by atoms with Gasteiger partial charge in [0.25, 0.3) is 0 Å². The van der Waals surface area contributed by atoms with Gasteiger partial charge in [-0.2, -0.15) is 0 Å². The van der Waals surface area contributed by atoms with Crippen molar-refractivity contribution in [2.45, 2.75) is 19.4 Å². The highest BCUT2D eigenvalue weighted by Gasteiger charge is 2.23. The molecule has 1 N–H and O–H groups in total. The van der Waals surface area contributed by atoms with Gasteiger partial charge < -0.3 is 10.2 Å². The van der Waals surface area contributed by atoms with Crippen molar-refractivity contribution in [2.75, 3.05) is 20.1 Å². The first-order chi connectivity index (χ1) is 8.66. The summed E-state index contributed by atoms with van der Waals surface area (Å²) in [6.45, 7) is 2.55. The van der Waals surface area contributed by atoms with E-state index in [0.29, 0.717) is 6.54 Å². The van der Waals surface area contributed by atoms with Crippen molar-refractivity contribution >= 4 is 21.8 Å². The number of piperidine rings is 1. The van der Waals surface area contributed by atoms with Crippen LogP contribution in [-0.4, -0.2) is 30.9 Å². The first kappa shape index (κ1) is 13.6. The topological polar surface area (TPSA) is 32.3 Å². The van der Waals surface area contributed by atoms with Crippen molar-refractivity contribution in [2.24, 2.45) is 5.92 Å². The molecule has 2 rings (SSSR count). The Balaban J connectivity index is 1.92. The third kappa shape index (κ3) is 3.56. The van der Waals surface area contributed by atoms with Gasteiger partial charge in [0.2, 0.25) is 5.91 Å². The number of amides is 1. The van der Waals surface area contributed by atoms with Gasteiger partial charge in [-0.05, 0) is 37.1 Å². The zero-order valence-electron chi connectivity index (χ0n) is 10.7. The highest BCUT2D eigenvalue weighted by atomic mass is 79.9. The lowest BCUT2D eigenvalue weighted by Crippen LogP contribution is -2.41. The summed E-state index contributed by atoms with van der Waals surface area (Å²) in [5.41, 5.74) is 1.16. The van der Waals surface area contributed by atoms with Crippen molar-refractivity contribution < 1.29 is 4.79 Å². The molecule has 1 unspecified atom stereocenters. The van der Waals surface area contributed by atoms with Crippen molar-refractivity contribution in [1.29, 1.82) is 0 Å². The number of carbonyl (C=O) groups excluding carboxylic acids is 1. The van der Waals surface area contributed by atoms with Gasteiger partial charge >= 0.3 is 0 Å². The Kier molecular flexibility index (Phi) is 4.78. The van der Waals surface area contributed by atoms with E-state index in [9.17, 15) is 4.79 Å². The minimum atomic E-state index is 0.152. The quantitative estimate of drug-likeness (QED) is 0.930. The Bertz CT molecular complexity index is 399. The molecule has 1 heterocycles. The second kappa shape index (κ2) is 6.34. The number of benzene rings is 1. The van der Waals surface area contributed by atoms with E-state index in [0.717, 1.165) is 36.0 Å². The average Bonchev–Trinajstić information content (AvgIpc) is 2.41. The van der Waals surface area contributed by atoms with Gasteiger partial charge in [0.15, 0.2) is 0 Å². The molecule has 1 fully saturated rings. The van der Waals surface area contributed by atoms with Crippen molar-refractivity contribution in [1.82, 2.24) is 10.2 Å². The Morgan fingerprint density at radius 3 is 2.78 bits per heavy atom. The average molecular weight is 311 g/mol. The molecule has 0 radical (unpaired) electrons. The molecule has 1 atom stereocenters. The van der Waals surface area contributed by atoms with Crippen LogP contribution in [0.5, 0.6) is 0 Å². The second-order valence-electron chi connectivity index (χ2n) is 4.86. The Morgan fingerprint density at radius 2 is 2.17 bits per heavy atom. The van der Waals surface area contributed by atoms with E-state index >= 15 is 0 Å². The summed E-state index contributed by atoms with van der Waals surface area (Å²) in [5, 5.41) is 3.29. The fraction of sp³-hybridized carbons (Fsp3) is 0.500. The SMILES string of the molecule is CN(Cc1ccc(Br)cc1)C(=O)C1CCCNC1. The van der Waals surface area contributed by atoms with Crippen LogP contribution in [0.1, 0.15) is 18.4 Å². The normalized spacial score (nSPS) is 19.6. The molecule has 1 aromatic carbocycles. The third-order valence-corrected chi connectivity index (χ3v) is 3.88. The molecule has 1 aliphatic rings. The summed E-state index contributed by atoms with van der Waals surface area (Å²) in [4.78, 5) is 14.1. The Morgan fingerprint density at radius 1 is 1.44 bits per heavy atom. The van der Waals surface area contributed by atoms with E-state index in [1.54, 1.807) is 0 Å². The molecule has 98 valence electrons. The number of rotatable bonds is 3. The van der Waals surface area contributed by atoms with Crippen LogP contribution in [0, 0.1) is 5.92 Å². The molecule has 1 saturated heterocycles. The number of carbonyl (C=O) groups is 1. The summed E-state index contributed by atoms with van der Waals surface area (Å²) < 4.78 is 1.07. The maximum Gasteiger partial charge on any atom is 0.227 e. The van der Waals surface area contributed by atoms with Crippen molar-refractivity contribution in [3.63, 3.8) is 0 Å². The van der Waals surface area contributed by atoms with Gasteiger partial charge in [-0.1, -0.05) is 28.1 Å². The molecule has 1 aromatic rings. The number of hydrogen-bond acceptors (Lipinski definition) is 2. The lowest BCUT2D eigenvalue weighted by Gasteiger charge is -2.27. The molecule has 18 heavy (non-hydrogen) atoms. The standard InChI is InChI=1S/C14H19BrN2O/c1-17(10-11-4-6-13(15)7-5-11)14(18)12-3-2-8-16-9-12/h4-7,12,16H,2-3,8-10H2,1H3. The molecular weight excluding hydrogens is 292 g/mol. The van der Waals surface area contributed by atoms with Crippen LogP contribution in [0.15, 0.2) is 28.7 Å². The van der Waals surface area contributed by atoms with Gasteiger partial charge in [0.05, 0.1) is 5.92 Å². The molecule has 1 aliphatic heterocycles. The highest BCUT2D eigenvalue weighted by molar-refractivity contribution is 9.10. The predicted octanol–water partition coefficient (Wildman–Crippen LogP) is 2.41. The summed E-state index contributed by atoms with van der Waals surface area (Å²) in [6.07, 6.45) is 2.11. The molecule has 3 nitrogen and oxygen atoms in total. The van der Waals surface area contributed by atoms with Gasteiger partial charge in [0, 0.05) is 24.6 Å².